The second kappa shape index (κ2) is 8.63. The number of benzene rings is 2. The third-order valence-corrected chi connectivity index (χ3v) is 4.94. The molecule has 0 N–H and O–H groups in total. The lowest BCUT2D eigenvalue weighted by Gasteiger charge is -2.09. The van der Waals surface area contributed by atoms with E-state index in [4.69, 9.17) is 16.3 Å². The van der Waals surface area contributed by atoms with Crippen LogP contribution >= 0.6 is 11.6 Å². The highest BCUT2D eigenvalue weighted by Gasteiger charge is 2.26. The van der Waals surface area contributed by atoms with Crippen molar-refractivity contribution in [1.82, 2.24) is 0 Å². The first kappa shape index (κ1) is 18.8. The zero-order chi connectivity index (χ0) is 18.5. The molecule has 3 rings (SSSR count). The van der Waals surface area contributed by atoms with Crippen molar-refractivity contribution in [2.24, 2.45) is 4.99 Å². The predicted octanol–water partition coefficient (Wildman–Crippen LogP) is 6.26. The largest absolute Gasteiger partial charge is 0.475 e. The molecule has 0 amide bonds. The number of halogens is 3. The average molecular weight is 378 g/mol. The topological polar surface area (TPSA) is 21.6 Å². The second-order valence-corrected chi connectivity index (χ2v) is 6.93. The quantitative estimate of drug-likeness (QED) is 0.522. The van der Waals surface area contributed by atoms with Gasteiger partial charge in [0.1, 0.15) is 29.8 Å². The van der Waals surface area contributed by atoms with Crippen LogP contribution in [0.4, 0.5) is 8.78 Å². The molecule has 0 spiro atoms. The summed E-state index contributed by atoms with van der Waals surface area (Å²) in [7, 11) is 0. The van der Waals surface area contributed by atoms with Gasteiger partial charge in [-0.2, -0.15) is 0 Å². The fraction of sp³-hybridized carbons (Fsp3) is 0.381. The minimum absolute atomic E-state index is 0.00497. The molecule has 1 aliphatic rings. The number of aliphatic imine (C=N–C) groups is 1. The van der Waals surface area contributed by atoms with Gasteiger partial charge in [-0.25, -0.2) is 13.8 Å². The van der Waals surface area contributed by atoms with Crippen LogP contribution in [0.2, 0.25) is 5.02 Å². The number of aryl methyl sites for hydroxylation is 1. The van der Waals surface area contributed by atoms with E-state index >= 15 is 0 Å². The molecule has 0 bridgehead atoms. The lowest BCUT2D eigenvalue weighted by molar-refractivity contribution is 0.317. The van der Waals surface area contributed by atoms with Gasteiger partial charge in [-0.1, -0.05) is 56.0 Å². The fourth-order valence-electron chi connectivity index (χ4n) is 3.10. The van der Waals surface area contributed by atoms with E-state index in [0.29, 0.717) is 5.02 Å². The lowest BCUT2D eigenvalue weighted by atomic mass is 10.0. The number of unbranched alkanes of at least 4 members (excludes halogenated alkanes) is 3. The Labute approximate surface area is 157 Å². The van der Waals surface area contributed by atoms with E-state index in [-0.39, 0.29) is 24.1 Å². The summed E-state index contributed by atoms with van der Waals surface area (Å²) in [5.74, 6) is -1.35. The van der Waals surface area contributed by atoms with Crippen LogP contribution in [0.15, 0.2) is 41.4 Å². The zero-order valence-electron chi connectivity index (χ0n) is 14.8. The molecule has 0 saturated heterocycles. The number of nitrogens with zero attached hydrogens (tertiary/aromatic N) is 1. The van der Waals surface area contributed by atoms with E-state index in [0.717, 1.165) is 24.0 Å². The molecule has 1 atom stereocenters. The molecule has 1 aliphatic heterocycles. The van der Waals surface area contributed by atoms with Crippen LogP contribution in [0, 0.1) is 11.6 Å². The maximum atomic E-state index is 13.9. The SMILES string of the molecule is CCCCCCc1ccc(C2COC(c3c(F)cccc3F)=N2)cc1Cl. The van der Waals surface area contributed by atoms with Crippen molar-refractivity contribution < 1.29 is 13.5 Å². The molecule has 2 aromatic carbocycles. The molecule has 2 aromatic rings. The van der Waals surface area contributed by atoms with Gasteiger partial charge in [0.15, 0.2) is 0 Å². The molecule has 0 saturated carbocycles. The Kier molecular flexibility index (Phi) is 6.25. The second-order valence-electron chi connectivity index (χ2n) is 6.52. The Hall–Kier alpha value is -1.94. The standard InChI is InChI=1S/C21H22ClF2NO/c1-2-3-4-5-7-14-10-11-15(12-16(14)22)19-13-26-21(25-19)20-17(23)8-6-9-18(20)24/h6,8-12,19H,2-5,7,13H2,1H3. The summed E-state index contributed by atoms with van der Waals surface area (Å²) in [5, 5.41) is 0.708. The first-order chi connectivity index (χ1) is 12.6. The summed E-state index contributed by atoms with van der Waals surface area (Å²) in [6.45, 7) is 2.43. The van der Waals surface area contributed by atoms with Gasteiger partial charge >= 0.3 is 0 Å². The van der Waals surface area contributed by atoms with E-state index in [1.807, 2.05) is 18.2 Å². The van der Waals surface area contributed by atoms with Crippen LogP contribution < -0.4 is 0 Å². The minimum atomic E-state index is -0.676. The summed E-state index contributed by atoms with van der Waals surface area (Å²) in [6, 6.07) is 9.27. The third kappa shape index (κ3) is 4.24. The Balaban J connectivity index is 1.74. The van der Waals surface area contributed by atoms with Crippen LogP contribution in [-0.4, -0.2) is 12.5 Å². The number of hydrogen-bond acceptors (Lipinski definition) is 2. The van der Waals surface area contributed by atoms with Gasteiger partial charge in [-0.05, 0) is 42.2 Å². The van der Waals surface area contributed by atoms with E-state index < -0.39 is 11.6 Å². The van der Waals surface area contributed by atoms with Gasteiger partial charge in [0, 0.05) is 5.02 Å². The van der Waals surface area contributed by atoms with Crippen LogP contribution in [0.3, 0.4) is 0 Å². The first-order valence-electron chi connectivity index (χ1n) is 9.03. The fourth-order valence-corrected chi connectivity index (χ4v) is 3.38. The van der Waals surface area contributed by atoms with Gasteiger partial charge < -0.3 is 4.74 Å². The van der Waals surface area contributed by atoms with E-state index in [1.165, 1.54) is 37.5 Å². The number of rotatable bonds is 7. The van der Waals surface area contributed by atoms with Crippen molar-refractivity contribution in [1.29, 1.82) is 0 Å². The molecule has 0 aliphatic carbocycles. The van der Waals surface area contributed by atoms with Crippen molar-refractivity contribution in [3.05, 3.63) is 69.7 Å². The summed E-state index contributed by atoms with van der Waals surface area (Å²) in [6.07, 6.45) is 5.72. The van der Waals surface area contributed by atoms with Gasteiger partial charge in [0.2, 0.25) is 5.90 Å². The van der Waals surface area contributed by atoms with Gasteiger partial charge in [0.25, 0.3) is 0 Å². The van der Waals surface area contributed by atoms with Gasteiger partial charge in [-0.3, -0.25) is 0 Å². The highest BCUT2D eigenvalue weighted by atomic mass is 35.5. The molecule has 138 valence electrons. The lowest BCUT2D eigenvalue weighted by Crippen LogP contribution is -2.07. The maximum absolute atomic E-state index is 13.9. The Bertz CT molecular complexity index is 786. The molecule has 1 unspecified atom stereocenters. The highest BCUT2D eigenvalue weighted by Crippen LogP contribution is 2.30. The predicted molar refractivity (Wildman–Crippen MR) is 101 cm³/mol. The van der Waals surface area contributed by atoms with Crippen molar-refractivity contribution >= 4 is 17.5 Å². The van der Waals surface area contributed by atoms with Crippen molar-refractivity contribution in [2.75, 3.05) is 6.61 Å². The molecule has 0 fully saturated rings. The molecular formula is C21H22ClF2NO. The molecular weight excluding hydrogens is 356 g/mol. The highest BCUT2D eigenvalue weighted by molar-refractivity contribution is 6.31. The summed E-state index contributed by atoms with van der Waals surface area (Å²) >= 11 is 6.42. The van der Waals surface area contributed by atoms with E-state index in [1.54, 1.807) is 0 Å². The van der Waals surface area contributed by atoms with Gasteiger partial charge in [0.05, 0.1) is 0 Å². The van der Waals surface area contributed by atoms with Crippen LogP contribution in [0.5, 0.6) is 0 Å². The molecule has 5 heteroatoms. The van der Waals surface area contributed by atoms with Crippen LogP contribution in [-0.2, 0) is 11.2 Å². The van der Waals surface area contributed by atoms with Crippen LogP contribution in [0.1, 0.15) is 55.3 Å². The first-order valence-corrected chi connectivity index (χ1v) is 9.41. The maximum Gasteiger partial charge on any atom is 0.222 e. The van der Waals surface area contributed by atoms with E-state index in [2.05, 4.69) is 11.9 Å². The zero-order valence-corrected chi connectivity index (χ0v) is 15.5. The Morgan fingerprint density at radius 1 is 1.12 bits per heavy atom. The summed E-state index contributed by atoms with van der Waals surface area (Å²) in [5.41, 5.74) is 1.79. The molecule has 2 nitrogen and oxygen atoms in total. The van der Waals surface area contributed by atoms with E-state index in [9.17, 15) is 8.78 Å². The summed E-state index contributed by atoms with van der Waals surface area (Å²) < 4.78 is 33.3. The van der Waals surface area contributed by atoms with Crippen molar-refractivity contribution in [3.8, 4) is 0 Å². The van der Waals surface area contributed by atoms with Crippen molar-refractivity contribution in [2.45, 2.75) is 45.1 Å². The monoisotopic (exact) mass is 377 g/mol. The number of ether oxygens (including phenoxy) is 1. The molecule has 26 heavy (non-hydrogen) atoms. The van der Waals surface area contributed by atoms with Crippen molar-refractivity contribution in [3.63, 3.8) is 0 Å². The van der Waals surface area contributed by atoms with Gasteiger partial charge in [-0.15, -0.1) is 0 Å². The Morgan fingerprint density at radius 3 is 2.58 bits per heavy atom. The van der Waals surface area contributed by atoms with Crippen LogP contribution in [0.25, 0.3) is 0 Å². The third-order valence-electron chi connectivity index (χ3n) is 4.59. The molecule has 1 heterocycles. The molecule has 0 aromatic heterocycles. The minimum Gasteiger partial charge on any atom is -0.475 e. The smallest absolute Gasteiger partial charge is 0.222 e. The average Bonchev–Trinajstić information content (AvgIpc) is 3.09. The number of hydrogen-bond donors (Lipinski definition) is 0. The normalized spacial score (nSPS) is 16.5. The summed E-state index contributed by atoms with van der Waals surface area (Å²) in [4.78, 5) is 4.36. The Morgan fingerprint density at radius 2 is 1.88 bits per heavy atom. The molecule has 0 radical (unpaired) electrons.